The van der Waals surface area contributed by atoms with Crippen LogP contribution in [0.3, 0.4) is 0 Å². The third-order valence-electron chi connectivity index (χ3n) is 8.49. The van der Waals surface area contributed by atoms with Gasteiger partial charge in [-0.25, -0.2) is 0 Å². The van der Waals surface area contributed by atoms with Gasteiger partial charge in [-0.3, -0.25) is 9.59 Å². The van der Waals surface area contributed by atoms with Crippen molar-refractivity contribution in [2.75, 3.05) is 0 Å². The summed E-state index contributed by atoms with van der Waals surface area (Å²) in [6.45, 7) is 10.9. The second-order valence-electron chi connectivity index (χ2n) is 11.5. The summed E-state index contributed by atoms with van der Waals surface area (Å²) in [6.07, 6.45) is 5.93. The van der Waals surface area contributed by atoms with Crippen LogP contribution in [0.2, 0.25) is 0 Å². The van der Waals surface area contributed by atoms with Gasteiger partial charge in [0.15, 0.2) is 0 Å². The van der Waals surface area contributed by atoms with Gasteiger partial charge in [-0.2, -0.15) is 0 Å². The average Bonchev–Trinajstić information content (AvgIpc) is 3.59. The van der Waals surface area contributed by atoms with Gasteiger partial charge >= 0.3 is 11.9 Å². The Balaban J connectivity index is 0.00000461. The maximum absolute atomic E-state index is 11.5. The van der Waals surface area contributed by atoms with Crippen molar-refractivity contribution < 1.29 is 50.4 Å². The molecule has 0 spiro atoms. The van der Waals surface area contributed by atoms with Crippen molar-refractivity contribution in [3.8, 4) is 0 Å². The van der Waals surface area contributed by atoms with Crippen molar-refractivity contribution in [1.29, 1.82) is 0 Å². The molecular weight excluding hydrogens is 667 g/mol. The van der Waals surface area contributed by atoms with Gasteiger partial charge in [-0.05, 0) is 65.5 Å². The summed E-state index contributed by atoms with van der Waals surface area (Å²) in [7, 11) is 0. The van der Waals surface area contributed by atoms with Crippen LogP contribution in [0.5, 0.6) is 0 Å². The zero-order valence-corrected chi connectivity index (χ0v) is 27.6. The maximum atomic E-state index is 11.5. The Kier molecular flexibility index (Phi) is 10.00. The van der Waals surface area contributed by atoms with Crippen LogP contribution in [-0.2, 0) is 42.9 Å². The normalized spacial score (nSPS) is 16.5. The molecule has 4 aromatic rings. The van der Waals surface area contributed by atoms with Gasteiger partial charge in [0.2, 0.25) is 0 Å². The number of fused-ring (bicyclic) bond motifs is 8. The van der Waals surface area contributed by atoms with Gasteiger partial charge < -0.3 is 40.4 Å². The van der Waals surface area contributed by atoms with Crippen LogP contribution < -0.4 is 41.3 Å². The predicted octanol–water partition coefficient (Wildman–Crippen LogP) is 0.516. The number of carbonyl (C=O) groups is 2. The molecule has 10 nitrogen and oxygen atoms in total. The minimum Gasteiger partial charge on any atom is -0.657 e. The number of hydrogen-bond acceptors (Lipinski definition) is 4. The molecule has 8 bridgehead atoms. The van der Waals surface area contributed by atoms with E-state index >= 15 is 0 Å². The number of rotatable bonds is 8. The largest absolute Gasteiger partial charge is 0.657 e. The molecule has 1 aliphatic heterocycles. The van der Waals surface area contributed by atoms with Gasteiger partial charge in [0.25, 0.3) is 0 Å². The van der Waals surface area contributed by atoms with E-state index in [2.05, 4.69) is 0 Å². The molecule has 0 amide bonds. The number of aromatic nitrogens is 4. The molecule has 0 fully saturated rings. The van der Waals surface area contributed by atoms with Crippen LogP contribution in [0.1, 0.15) is 106 Å². The minimum atomic E-state index is -0.931. The molecule has 45 heavy (non-hydrogen) atoms. The molecule has 5 rings (SSSR count). The summed E-state index contributed by atoms with van der Waals surface area (Å²) in [5, 5.41) is 42.7. The van der Waals surface area contributed by atoms with Crippen molar-refractivity contribution in [3.05, 3.63) is 88.7 Å². The SMILES string of the molecule is Cc1c2[n-]c(c1CCC(=O)O)/C=c1\[n-]/c(c(C)c1CCC(=O)O)=C\c1[n-]c(c(C(C)O)c1C)/C=c1\[n-]/c(c(C(C)O)c1C)=C\2.[Pd]. The van der Waals surface area contributed by atoms with Gasteiger partial charge in [-0.15, -0.1) is 44.2 Å². The van der Waals surface area contributed by atoms with E-state index in [0.29, 0.717) is 55.3 Å². The maximum Gasteiger partial charge on any atom is 0.303 e. The van der Waals surface area contributed by atoms with Gasteiger partial charge in [0, 0.05) is 33.3 Å². The molecule has 242 valence electrons. The number of carboxylic acids is 2. The molecule has 0 radical (unpaired) electrons. The van der Waals surface area contributed by atoms with E-state index in [-0.39, 0.29) is 46.1 Å². The molecule has 0 aliphatic carbocycles. The third kappa shape index (κ3) is 6.58. The van der Waals surface area contributed by atoms with Gasteiger partial charge in [0.05, 0.1) is 12.2 Å². The van der Waals surface area contributed by atoms with Crippen LogP contribution in [0.4, 0.5) is 0 Å². The Morgan fingerprint density at radius 3 is 1.64 bits per heavy atom. The monoisotopic (exact) mass is 702 g/mol. The van der Waals surface area contributed by atoms with Crippen molar-refractivity contribution in [2.45, 2.75) is 79.4 Å². The first kappa shape index (κ1) is 34.0. The molecule has 1 aliphatic rings. The first-order chi connectivity index (χ1) is 20.8. The molecule has 5 heterocycles. The van der Waals surface area contributed by atoms with Gasteiger partial charge in [0.1, 0.15) is 0 Å². The molecular formula is C34H36N4O6Pd-4. The summed E-state index contributed by atoms with van der Waals surface area (Å²) in [5.41, 5.74) is 8.32. The zero-order valence-electron chi connectivity index (χ0n) is 26.0. The molecule has 4 N–H and O–H groups in total. The fourth-order valence-electron chi connectivity index (χ4n) is 6.15. The third-order valence-corrected chi connectivity index (χ3v) is 8.49. The summed E-state index contributed by atoms with van der Waals surface area (Å²) in [4.78, 5) is 42.6. The van der Waals surface area contributed by atoms with Crippen LogP contribution in [0.25, 0.3) is 24.3 Å². The number of nitrogens with zero attached hydrogens (tertiary/aromatic N) is 4. The van der Waals surface area contributed by atoms with E-state index in [1.807, 2.05) is 39.8 Å². The summed E-state index contributed by atoms with van der Waals surface area (Å²) in [6, 6.07) is 0. The zero-order chi connectivity index (χ0) is 32.0. The molecule has 0 saturated carbocycles. The summed E-state index contributed by atoms with van der Waals surface area (Å²) >= 11 is 0. The van der Waals surface area contributed by atoms with Crippen LogP contribution in [0, 0.1) is 27.7 Å². The fourth-order valence-corrected chi connectivity index (χ4v) is 6.15. The topological polar surface area (TPSA) is 171 Å². The Hall–Kier alpha value is -3.88. The molecule has 11 heteroatoms. The van der Waals surface area contributed by atoms with Crippen molar-refractivity contribution in [3.63, 3.8) is 0 Å². The molecule has 0 saturated heterocycles. The fraction of sp³-hybridized carbons (Fsp3) is 0.353. The van der Waals surface area contributed by atoms with E-state index in [9.17, 15) is 30.0 Å². The van der Waals surface area contributed by atoms with Crippen LogP contribution in [-0.4, -0.2) is 32.4 Å². The van der Waals surface area contributed by atoms with E-state index in [1.54, 1.807) is 26.0 Å². The Labute approximate surface area is 274 Å². The van der Waals surface area contributed by atoms with Crippen LogP contribution in [0.15, 0.2) is 0 Å². The molecule has 2 unspecified atom stereocenters. The number of hydrogen-bond donors (Lipinski definition) is 4. The molecule has 0 aromatic carbocycles. The summed E-state index contributed by atoms with van der Waals surface area (Å²) < 4.78 is 0. The number of aliphatic hydroxyl groups excluding tert-OH is 2. The predicted molar refractivity (Wildman–Crippen MR) is 164 cm³/mol. The second-order valence-corrected chi connectivity index (χ2v) is 11.5. The second kappa shape index (κ2) is 13.2. The quantitative estimate of drug-likeness (QED) is 0.167. The minimum absolute atomic E-state index is 0. The molecule has 2 atom stereocenters. The van der Waals surface area contributed by atoms with Crippen molar-refractivity contribution in [2.24, 2.45) is 0 Å². The van der Waals surface area contributed by atoms with E-state index in [1.165, 1.54) is 0 Å². The molecule has 4 aromatic heterocycles. The number of aliphatic carboxylic acids is 2. The number of carboxylic acid groups (broad SMARTS) is 2. The Morgan fingerprint density at radius 1 is 0.578 bits per heavy atom. The smallest absolute Gasteiger partial charge is 0.303 e. The van der Waals surface area contributed by atoms with Crippen molar-refractivity contribution in [1.82, 2.24) is 19.9 Å². The van der Waals surface area contributed by atoms with Gasteiger partial charge in [-0.1, -0.05) is 57.7 Å². The average molecular weight is 703 g/mol. The Morgan fingerprint density at radius 2 is 1.04 bits per heavy atom. The Bertz CT molecular complexity index is 2040. The van der Waals surface area contributed by atoms with E-state index in [0.717, 1.165) is 33.4 Å². The first-order valence-corrected chi connectivity index (χ1v) is 14.6. The van der Waals surface area contributed by atoms with Crippen LogP contribution >= 0.6 is 0 Å². The standard InChI is InChI=1S/C34H36N4O6.Pd/c1-15-21(7-9-31(41)42)27-14-28-22(8-10-32(43)44)16(2)24(36-28)12-29-34(20(6)40)18(4)26(38-29)13-30-33(19(5)39)17(3)25(37-30)11-23(15)35-27;/h11-14,19-20,39-40H,7-10H2,1-6H3,(H,41,42)(H,43,44);/q-4;/b23-11-,24-12?,25-11?,26-13-,27-14-,28-14?,29-12-,30-13?;. The summed E-state index contributed by atoms with van der Waals surface area (Å²) in [5.74, 6) is -1.86. The van der Waals surface area contributed by atoms with E-state index < -0.39 is 24.1 Å². The van der Waals surface area contributed by atoms with E-state index in [4.69, 9.17) is 19.9 Å². The van der Waals surface area contributed by atoms with Crippen molar-refractivity contribution >= 4 is 36.2 Å². The first-order valence-electron chi connectivity index (χ1n) is 14.6. The number of aliphatic hydroxyl groups is 2.